The van der Waals surface area contributed by atoms with Crippen LogP contribution in [-0.2, 0) is 9.53 Å². The number of hydrogen-bond acceptors (Lipinski definition) is 4. The Balaban J connectivity index is 1.52. The second kappa shape index (κ2) is 11.0. The zero-order valence-electron chi connectivity index (χ0n) is 16.9. The van der Waals surface area contributed by atoms with Crippen molar-refractivity contribution in [2.24, 2.45) is 0 Å². The van der Waals surface area contributed by atoms with Crippen LogP contribution in [0.15, 0.2) is 60.7 Å². The van der Waals surface area contributed by atoms with Crippen molar-refractivity contribution in [2.75, 3.05) is 39.3 Å². The number of benzene rings is 2. The molecule has 0 aliphatic carbocycles. The van der Waals surface area contributed by atoms with Gasteiger partial charge in [0.2, 0.25) is 0 Å². The Morgan fingerprint density at radius 2 is 1.46 bits per heavy atom. The van der Waals surface area contributed by atoms with Crippen LogP contribution in [0.25, 0.3) is 0 Å². The molecule has 0 bridgehead atoms. The van der Waals surface area contributed by atoms with Crippen molar-refractivity contribution in [3.63, 3.8) is 0 Å². The van der Waals surface area contributed by atoms with Crippen LogP contribution in [0.5, 0.6) is 0 Å². The molecule has 1 heterocycles. The molecule has 1 saturated heterocycles. The lowest BCUT2D eigenvalue weighted by atomic mass is 9.96. The van der Waals surface area contributed by atoms with Gasteiger partial charge in [-0.25, -0.2) is 0 Å². The molecule has 150 valence electrons. The van der Waals surface area contributed by atoms with Crippen LogP contribution in [0.1, 0.15) is 43.4 Å². The van der Waals surface area contributed by atoms with Crippen molar-refractivity contribution in [1.29, 1.82) is 0 Å². The van der Waals surface area contributed by atoms with Gasteiger partial charge in [0.05, 0.1) is 12.6 Å². The fraction of sp³-hybridized carbons (Fsp3) is 0.458. The second-order valence-corrected chi connectivity index (χ2v) is 7.36. The molecule has 3 rings (SSSR count). The van der Waals surface area contributed by atoms with E-state index in [1.54, 1.807) is 0 Å². The first-order valence-corrected chi connectivity index (χ1v) is 10.5. The molecule has 0 atom stereocenters. The average Bonchev–Trinajstić information content (AvgIpc) is 2.74. The third-order valence-electron chi connectivity index (χ3n) is 5.41. The first kappa shape index (κ1) is 20.6. The van der Waals surface area contributed by atoms with Gasteiger partial charge >= 0.3 is 5.97 Å². The number of rotatable bonds is 9. The molecule has 0 saturated carbocycles. The standard InChI is InChI=1S/C24H32N2O2/c1-2-28-23(27)15-9-10-16-25-17-19-26(20-18-25)24(21-11-5-3-6-12-21)22-13-7-4-8-14-22/h3-8,11-14,24H,2,9-10,15-20H2,1H3. The minimum absolute atomic E-state index is 0.0686. The third kappa shape index (κ3) is 5.91. The first-order chi connectivity index (χ1) is 13.8. The molecule has 0 unspecified atom stereocenters. The van der Waals surface area contributed by atoms with E-state index in [0.29, 0.717) is 19.1 Å². The molecule has 1 fully saturated rings. The predicted molar refractivity (Wildman–Crippen MR) is 113 cm³/mol. The lowest BCUT2D eigenvalue weighted by Gasteiger charge is -2.39. The highest BCUT2D eigenvalue weighted by atomic mass is 16.5. The average molecular weight is 381 g/mol. The molecule has 0 N–H and O–H groups in total. The molecular weight excluding hydrogens is 348 g/mol. The third-order valence-corrected chi connectivity index (χ3v) is 5.41. The van der Waals surface area contributed by atoms with Gasteiger partial charge in [0, 0.05) is 32.6 Å². The Hall–Kier alpha value is -2.17. The van der Waals surface area contributed by atoms with E-state index in [1.165, 1.54) is 11.1 Å². The molecule has 1 aliphatic rings. The molecule has 0 spiro atoms. The zero-order valence-corrected chi connectivity index (χ0v) is 16.9. The molecule has 1 aliphatic heterocycles. The molecule has 4 nitrogen and oxygen atoms in total. The van der Waals surface area contributed by atoms with E-state index in [2.05, 4.69) is 70.5 Å². The van der Waals surface area contributed by atoms with Gasteiger partial charge in [-0.15, -0.1) is 0 Å². The molecule has 2 aromatic carbocycles. The maximum atomic E-state index is 11.4. The molecule has 0 aromatic heterocycles. The molecule has 0 radical (unpaired) electrons. The van der Waals surface area contributed by atoms with E-state index in [-0.39, 0.29) is 5.97 Å². The molecular formula is C24H32N2O2. The summed E-state index contributed by atoms with van der Waals surface area (Å²) in [6.45, 7) is 7.68. The number of esters is 1. The highest BCUT2D eigenvalue weighted by Gasteiger charge is 2.26. The van der Waals surface area contributed by atoms with Crippen LogP contribution in [0.3, 0.4) is 0 Å². The summed E-state index contributed by atoms with van der Waals surface area (Å²) in [6, 6.07) is 21.9. The van der Waals surface area contributed by atoms with Crippen LogP contribution in [0.2, 0.25) is 0 Å². The van der Waals surface area contributed by atoms with E-state index < -0.39 is 0 Å². The zero-order chi connectivity index (χ0) is 19.6. The van der Waals surface area contributed by atoms with E-state index in [9.17, 15) is 4.79 Å². The topological polar surface area (TPSA) is 32.8 Å². The van der Waals surface area contributed by atoms with Crippen LogP contribution in [0.4, 0.5) is 0 Å². The molecule has 28 heavy (non-hydrogen) atoms. The summed E-state index contributed by atoms with van der Waals surface area (Å²) in [4.78, 5) is 16.6. The normalized spacial score (nSPS) is 15.6. The fourth-order valence-electron chi connectivity index (χ4n) is 3.97. The van der Waals surface area contributed by atoms with Crippen molar-refractivity contribution in [3.8, 4) is 0 Å². The minimum atomic E-state index is -0.0686. The van der Waals surface area contributed by atoms with Crippen molar-refractivity contribution < 1.29 is 9.53 Å². The van der Waals surface area contributed by atoms with Gasteiger partial charge in [0.1, 0.15) is 0 Å². The monoisotopic (exact) mass is 380 g/mol. The lowest BCUT2D eigenvalue weighted by Crippen LogP contribution is -2.48. The van der Waals surface area contributed by atoms with Gasteiger partial charge < -0.3 is 9.64 Å². The Morgan fingerprint density at radius 1 is 0.893 bits per heavy atom. The first-order valence-electron chi connectivity index (χ1n) is 10.5. The summed E-state index contributed by atoms with van der Waals surface area (Å²) in [5.74, 6) is -0.0686. The minimum Gasteiger partial charge on any atom is -0.466 e. The Morgan fingerprint density at radius 3 is 2.00 bits per heavy atom. The summed E-state index contributed by atoms with van der Waals surface area (Å²) in [5.41, 5.74) is 2.72. The van der Waals surface area contributed by atoms with Crippen LogP contribution < -0.4 is 0 Å². The number of piperazine rings is 1. The highest BCUT2D eigenvalue weighted by Crippen LogP contribution is 2.29. The molecule has 2 aromatic rings. The number of nitrogens with zero attached hydrogens (tertiary/aromatic N) is 2. The van der Waals surface area contributed by atoms with Gasteiger partial charge in [-0.1, -0.05) is 60.7 Å². The van der Waals surface area contributed by atoms with Crippen molar-refractivity contribution in [3.05, 3.63) is 71.8 Å². The van der Waals surface area contributed by atoms with Crippen molar-refractivity contribution in [1.82, 2.24) is 9.80 Å². The maximum Gasteiger partial charge on any atom is 0.305 e. The Kier molecular flexibility index (Phi) is 8.07. The number of carbonyl (C=O) groups excluding carboxylic acids is 1. The molecule has 0 amide bonds. The molecule has 4 heteroatoms. The quantitative estimate of drug-likeness (QED) is 0.484. The van der Waals surface area contributed by atoms with Gasteiger partial charge in [-0.3, -0.25) is 9.69 Å². The van der Waals surface area contributed by atoms with E-state index >= 15 is 0 Å². The fourth-order valence-corrected chi connectivity index (χ4v) is 3.97. The Labute approximate surface area is 169 Å². The smallest absolute Gasteiger partial charge is 0.305 e. The summed E-state index contributed by atoms with van der Waals surface area (Å²) in [7, 11) is 0. The van der Waals surface area contributed by atoms with Crippen LogP contribution in [0, 0.1) is 0 Å². The van der Waals surface area contributed by atoms with E-state index in [0.717, 1.165) is 45.6 Å². The SMILES string of the molecule is CCOC(=O)CCCCN1CCN(C(c2ccccc2)c2ccccc2)CC1. The van der Waals surface area contributed by atoms with Crippen molar-refractivity contribution in [2.45, 2.75) is 32.2 Å². The van der Waals surface area contributed by atoms with Gasteiger partial charge in [-0.05, 0) is 37.4 Å². The number of hydrogen-bond donors (Lipinski definition) is 0. The Bertz CT molecular complexity index is 658. The van der Waals surface area contributed by atoms with Crippen molar-refractivity contribution >= 4 is 5.97 Å². The van der Waals surface area contributed by atoms with Gasteiger partial charge in [-0.2, -0.15) is 0 Å². The van der Waals surface area contributed by atoms with Crippen LogP contribution in [-0.4, -0.2) is 55.1 Å². The lowest BCUT2D eigenvalue weighted by molar-refractivity contribution is -0.143. The summed E-state index contributed by atoms with van der Waals surface area (Å²) in [6.07, 6.45) is 2.51. The summed E-state index contributed by atoms with van der Waals surface area (Å²) >= 11 is 0. The number of carbonyl (C=O) groups is 1. The van der Waals surface area contributed by atoms with Gasteiger partial charge in [0.15, 0.2) is 0 Å². The summed E-state index contributed by atoms with van der Waals surface area (Å²) < 4.78 is 5.00. The maximum absolute atomic E-state index is 11.4. The highest BCUT2D eigenvalue weighted by molar-refractivity contribution is 5.69. The van der Waals surface area contributed by atoms with E-state index in [4.69, 9.17) is 4.74 Å². The van der Waals surface area contributed by atoms with Gasteiger partial charge in [0.25, 0.3) is 0 Å². The second-order valence-electron chi connectivity index (χ2n) is 7.36. The number of ether oxygens (including phenoxy) is 1. The predicted octanol–water partition coefficient (Wildman–Crippen LogP) is 4.13. The van der Waals surface area contributed by atoms with Crippen LogP contribution >= 0.6 is 0 Å². The number of unbranched alkanes of at least 4 members (excludes halogenated alkanes) is 1. The largest absolute Gasteiger partial charge is 0.466 e. The summed E-state index contributed by atoms with van der Waals surface area (Å²) in [5, 5.41) is 0. The van der Waals surface area contributed by atoms with E-state index in [1.807, 2.05) is 6.92 Å².